The summed E-state index contributed by atoms with van der Waals surface area (Å²) in [6.45, 7) is 6.51. The third-order valence-corrected chi connectivity index (χ3v) is 6.60. The molecule has 1 N–H and O–H groups in total. The Kier molecular flexibility index (Phi) is 5.45. The molecule has 0 amide bonds. The minimum absolute atomic E-state index is 0.251. The summed E-state index contributed by atoms with van der Waals surface area (Å²) in [6, 6.07) is 0. The number of ether oxygens (including phenoxy) is 1. The van der Waals surface area contributed by atoms with Gasteiger partial charge in [-0.2, -0.15) is 0 Å². The first-order valence-electron chi connectivity index (χ1n) is 8.78. The van der Waals surface area contributed by atoms with E-state index >= 15 is 0 Å². The van der Waals surface area contributed by atoms with Gasteiger partial charge in [0.1, 0.15) is 5.00 Å². The van der Waals surface area contributed by atoms with Gasteiger partial charge < -0.3 is 15.0 Å². The SMILES string of the molecule is COC(=O)c1c(NC(=S)N2CCC[C@H](C)C2)sc2c1CC[C@H](C)C2. The van der Waals surface area contributed by atoms with Crippen LogP contribution in [0, 0.1) is 11.8 Å². The van der Waals surface area contributed by atoms with Crippen molar-refractivity contribution in [3.63, 3.8) is 0 Å². The number of rotatable bonds is 2. The van der Waals surface area contributed by atoms with Crippen LogP contribution < -0.4 is 5.32 Å². The van der Waals surface area contributed by atoms with E-state index in [9.17, 15) is 4.79 Å². The fourth-order valence-corrected chi connectivity index (χ4v) is 5.44. The predicted molar refractivity (Wildman–Crippen MR) is 103 cm³/mol. The summed E-state index contributed by atoms with van der Waals surface area (Å²) in [5.74, 6) is 1.08. The lowest BCUT2D eigenvalue weighted by atomic mass is 9.88. The Labute approximate surface area is 153 Å². The maximum Gasteiger partial charge on any atom is 0.341 e. The van der Waals surface area contributed by atoms with Gasteiger partial charge in [-0.1, -0.05) is 13.8 Å². The largest absolute Gasteiger partial charge is 0.465 e. The zero-order valence-electron chi connectivity index (χ0n) is 14.7. The van der Waals surface area contributed by atoms with E-state index in [1.54, 1.807) is 11.3 Å². The van der Waals surface area contributed by atoms with Gasteiger partial charge in [0.2, 0.25) is 0 Å². The number of hydrogen-bond acceptors (Lipinski definition) is 4. The van der Waals surface area contributed by atoms with Gasteiger partial charge in [-0.15, -0.1) is 11.3 Å². The number of nitrogens with zero attached hydrogens (tertiary/aromatic N) is 1. The molecular weight excluding hydrogens is 340 g/mol. The topological polar surface area (TPSA) is 41.6 Å². The quantitative estimate of drug-likeness (QED) is 0.631. The third kappa shape index (κ3) is 3.59. The van der Waals surface area contributed by atoms with Gasteiger partial charge in [0.25, 0.3) is 0 Å². The van der Waals surface area contributed by atoms with Crippen molar-refractivity contribution in [3.8, 4) is 0 Å². The lowest BCUT2D eigenvalue weighted by molar-refractivity contribution is 0.0601. The summed E-state index contributed by atoms with van der Waals surface area (Å²) in [4.78, 5) is 15.9. The van der Waals surface area contributed by atoms with E-state index < -0.39 is 0 Å². The average Bonchev–Trinajstić information content (AvgIpc) is 2.90. The van der Waals surface area contributed by atoms with Crippen molar-refractivity contribution in [1.82, 2.24) is 4.90 Å². The van der Waals surface area contributed by atoms with Crippen molar-refractivity contribution in [2.75, 3.05) is 25.5 Å². The zero-order chi connectivity index (χ0) is 17.3. The third-order valence-electron chi connectivity index (χ3n) is 5.07. The van der Waals surface area contributed by atoms with Crippen LogP contribution in [-0.2, 0) is 17.6 Å². The second kappa shape index (κ2) is 7.40. The zero-order valence-corrected chi connectivity index (χ0v) is 16.3. The molecule has 1 aliphatic carbocycles. The molecule has 1 aromatic rings. The molecule has 1 fully saturated rings. The highest BCUT2D eigenvalue weighted by Gasteiger charge is 2.29. The van der Waals surface area contributed by atoms with E-state index in [-0.39, 0.29) is 5.97 Å². The Morgan fingerprint density at radius 3 is 2.83 bits per heavy atom. The van der Waals surface area contributed by atoms with Crippen LogP contribution in [0.4, 0.5) is 5.00 Å². The van der Waals surface area contributed by atoms with Gasteiger partial charge in [0, 0.05) is 18.0 Å². The summed E-state index contributed by atoms with van der Waals surface area (Å²) in [6.07, 6.45) is 5.55. The molecule has 1 aromatic heterocycles. The molecule has 0 saturated carbocycles. The molecule has 3 rings (SSSR count). The number of thiocarbonyl (C=S) groups is 1. The number of carbonyl (C=O) groups is 1. The minimum Gasteiger partial charge on any atom is -0.465 e. The van der Waals surface area contributed by atoms with E-state index in [4.69, 9.17) is 17.0 Å². The molecule has 0 radical (unpaired) electrons. The molecule has 1 aliphatic heterocycles. The number of thiophene rings is 1. The second-order valence-electron chi connectivity index (χ2n) is 7.17. The molecule has 132 valence electrons. The number of methoxy groups -OCH3 is 1. The summed E-state index contributed by atoms with van der Waals surface area (Å²) in [7, 11) is 1.45. The van der Waals surface area contributed by atoms with Crippen LogP contribution in [0.3, 0.4) is 0 Å². The van der Waals surface area contributed by atoms with Crippen LogP contribution in [0.25, 0.3) is 0 Å². The normalized spacial score (nSPS) is 23.5. The van der Waals surface area contributed by atoms with E-state index in [1.807, 2.05) is 0 Å². The van der Waals surface area contributed by atoms with Crippen molar-refractivity contribution in [2.24, 2.45) is 11.8 Å². The molecule has 0 unspecified atom stereocenters. The van der Waals surface area contributed by atoms with Gasteiger partial charge in [-0.3, -0.25) is 0 Å². The van der Waals surface area contributed by atoms with Crippen LogP contribution in [-0.4, -0.2) is 36.2 Å². The lowest BCUT2D eigenvalue weighted by Gasteiger charge is -2.33. The maximum atomic E-state index is 12.3. The molecule has 2 atom stereocenters. The number of carbonyl (C=O) groups excluding carboxylic acids is 1. The predicted octanol–water partition coefficient (Wildman–Crippen LogP) is 4.09. The highest BCUT2D eigenvalue weighted by Crippen LogP contribution is 2.40. The first-order valence-corrected chi connectivity index (χ1v) is 10.0. The maximum absolute atomic E-state index is 12.3. The number of esters is 1. The highest BCUT2D eigenvalue weighted by molar-refractivity contribution is 7.80. The van der Waals surface area contributed by atoms with Crippen LogP contribution in [0.15, 0.2) is 0 Å². The second-order valence-corrected chi connectivity index (χ2v) is 8.66. The summed E-state index contributed by atoms with van der Waals surface area (Å²) >= 11 is 7.30. The van der Waals surface area contributed by atoms with E-state index in [2.05, 4.69) is 24.1 Å². The number of piperidine rings is 1. The minimum atomic E-state index is -0.251. The van der Waals surface area contributed by atoms with E-state index in [1.165, 1.54) is 30.4 Å². The Bertz CT molecular complexity index is 641. The van der Waals surface area contributed by atoms with Gasteiger partial charge in [-0.05, 0) is 61.7 Å². The van der Waals surface area contributed by atoms with Crippen molar-refractivity contribution in [1.29, 1.82) is 0 Å². The Morgan fingerprint density at radius 1 is 1.33 bits per heavy atom. The van der Waals surface area contributed by atoms with Crippen molar-refractivity contribution < 1.29 is 9.53 Å². The molecule has 4 nitrogen and oxygen atoms in total. The molecule has 24 heavy (non-hydrogen) atoms. The monoisotopic (exact) mass is 366 g/mol. The molecule has 2 aliphatic rings. The standard InChI is InChI=1S/C18H26N2O2S2/c1-11-6-7-13-14(9-11)24-16(15(13)17(21)22-3)19-18(23)20-8-4-5-12(2)10-20/h11-12H,4-10H2,1-3H3,(H,19,23)/t11-,12-/m0/s1. The fraction of sp³-hybridized carbons (Fsp3) is 0.667. The Morgan fingerprint density at radius 2 is 2.12 bits per heavy atom. The van der Waals surface area contributed by atoms with Crippen molar-refractivity contribution >= 4 is 39.6 Å². The molecule has 0 aromatic carbocycles. The molecule has 2 heterocycles. The van der Waals surface area contributed by atoms with E-state index in [0.29, 0.717) is 17.4 Å². The first kappa shape index (κ1) is 17.7. The number of nitrogens with one attached hydrogen (secondary N) is 1. The first-order chi connectivity index (χ1) is 11.5. The van der Waals surface area contributed by atoms with Crippen molar-refractivity contribution in [2.45, 2.75) is 46.0 Å². The van der Waals surface area contributed by atoms with Gasteiger partial charge >= 0.3 is 5.97 Å². The average molecular weight is 367 g/mol. The van der Waals surface area contributed by atoms with Gasteiger partial charge in [0.15, 0.2) is 5.11 Å². The van der Waals surface area contributed by atoms with Crippen LogP contribution in [0.1, 0.15) is 53.9 Å². The lowest BCUT2D eigenvalue weighted by Crippen LogP contribution is -2.41. The molecular formula is C18H26N2O2S2. The Balaban J connectivity index is 1.84. The summed E-state index contributed by atoms with van der Waals surface area (Å²) in [5, 5.41) is 4.96. The molecule has 0 spiro atoms. The van der Waals surface area contributed by atoms with E-state index in [0.717, 1.165) is 42.5 Å². The number of hydrogen-bond donors (Lipinski definition) is 1. The van der Waals surface area contributed by atoms with Crippen LogP contribution in [0.5, 0.6) is 0 Å². The van der Waals surface area contributed by atoms with Gasteiger partial charge in [-0.25, -0.2) is 4.79 Å². The molecule has 0 bridgehead atoms. The Hall–Kier alpha value is -1.14. The fourth-order valence-electron chi connectivity index (χ4n) is 3.71. The van der Waals surface area contributed by atoms with Gasteiger partial charge in [0.05, 0.1) is 12.7 Å². The number of anilines is 1. The summed E-state index contributed by atoms with van der Waals surface area (Å²) < 4.78 is 5.04. The highest BCUT2D eigenvalue weighted by atomic mass is 32.1. The smallest absolute Gasteiger partial charge is 0.341 e. The van der Waals surface area contributed by atoms with Crippen LogP contribution in [0.2, 0.25) is 0 Å². The molecule has 1 saturated heterocycles. The van der Waals surface area contributed by atoms with Crippen LogP contribution >= 0.6 is 23.6 Å². The molecule has 6 heteroatoms. The summed E-state index contributed by atoms with van der Waals surface area (Å²) in [5.41, 5.74) is 1.87. The number of fused-ring (bicyclic) bond motifs is 1. The van der Waals surface area contributed by atoms with Crippen molar-refractivity contribution in [3.05, 3.63) is 16.0 Å². The number of likely N-dealkylation sites (tertiary alicyclic amines) is 1.